The Bertz CT molecular complexity index is 553. The summed E-state index contributed by atoms with van der Waals surface area (Å²) in [6.45, 7) is 3.08. The Labute approximate surface area is 117 Å². The highest BCUT2D eigenvalue weighted by Crippen LogP contribution is 2.25. The normalized spacial score (nSPS) is 23.2. The van der Waals surface area contributed by atoms with Crippen LogP contribution in [0.1, 0.15) is 30.9 Å². The van der Waals surface area contributed by atoms with E-state index in [-0.39, 0.29) is 11.5 Å². The van der Waals surface area contributed by atoms with Crippen LogP contribution in [0.4, 0.5) is 4.39 Å². The molecule has 2 rings (SSSR count). The first-order valence-electron chi connectivity index (χ1n) is 6.68. The van der Waals surface area contributed by atoms with Crippen LogP contribution in [0.5, 0.6) is 0 Å². The highest BCUT2D eigenvalue weighted by Gasteiger charge is 2.34. The fourth-order valence-corrected chi connectivity index (χ4v) is 2.84. The largest absolute Gasteiger partial charge is 0.480 e. The summed E-state index contributed by atoms with van der Waals surface area (Å²) >= 11 is 0. The van der Waals surface area contributed by atoms with Gasteiger partial charge in [-0.1, -0.05) is 13.0 Å². The van der Waals surface area contributed by atoms with Gasteiger partial charge in [-0.3, -0.25) is 9.69 Å². The SMILES string of the molecule is CC1CCCN(Cc2ccc(F)c(C#N)c2)C1C(=O)O. The third-order valence-electron chi connectivity index (χ3n) is 3.83. The van der Waals surface area contributed by atoms with Crippen molar-refractivity contribution in [3.05, 3.63) is 35.1 Å². The van der Waals surface area contributed by atoms with Crippen molar-refractivity contribution in [2.24, 2.45) is 5.92 Å². The van der Waals surface area contributed by atoms with Crippen LogP contribution in [0.2, 0.25) is 0 Å². The minimum atomic E-state index is -0.820. The number of nitriles is 1. The Morgan fingerprint density at radius 1 is 1.60 bits per heavy atom. The number of halogens is 1. The van der Waals surface area contributed by atoms with Gasteiger partial charge in [-0.25, -0.2) is 4.39 Å². The van der Waals surface area contributed by atoms with Gasteiger partial charge < -0.3 is 5.11 Å². The Balaban J connectivity index is 2.19. The van der Waals surface area contributed by atoms with Crippen molar-refractivity contribution in [3.8, 4) is 6.07 Å². The molecule has 2 atom stereocenters. The molecule has 1 saturated heterocycles. The molecule has 0 bridgehead atoms. The van der Waals surface area contributed by atoms with E-state index in [0.717, 1.165) is 18.4 Å². The van der Waals surface area contributed by atoms with E-state index in [1.54, 1.807) is 12.1 Å². The summed E-state index contributed by atoms with van der Waals surface area (Å²) in [7, 11) is 0. The number of nitrogens with zero attached hydrogens (tertiary/aromatic N) is 2. The molecule has 0 amide bonds. The van der Waals surface area contributed by atoms with Crippen LogP contribution in [0, 0.1) is 23.1 Å². The summed E-state index contributed by atoms with van der Waals surface area (Å²) in [5, 5.41) is 18.2. The van der Waals surface area contributed by atoms with Crippen LogP contribution in [0.25, 0.3) is 0 Å². The zero-order valence-corrected chi connectivity index (χ0v) is 11.3. The summed E-state index contributed by atoms with van der Waals surface area (Å²) in [6, 6.07) is 5.65. The fourth-order valence-electron chi connectivity index (χ4n) is 2.84. The first-order chi connectivity index (χ1) is 9.52. The van der Waals surface area contributed by atoms with Crippen molar-refractivity contribution in [3.63, 3.8) is 0 Å². The minimum Gasteiger partial charge on any atom is -0.480 e. The van der Waals surface area contributed by atoms with E-state index >= 15 is 0 Å². The van der Waals surface area contributed by atoms with Crippen molar-refractivity contribution in [2.45, 2.75) is 32.4 Å². The van der Waals surface area contributed by atoms with E-state index in [1.807, 2.05) is 11.8 Å². The van der Waals surface area contributed by atoms with Gasteiger partial charge in [0.05, 0.1) is 5.56 Å². The molecule has 1 aliphatic heterocycles. The van der Waals surface area contributed by atoms with E-state index in [4.69, 9.17) is 5.26 Å². The molecule has 0 spiro atoms. The number of carboxylic acid groups (broad SMARTS) is 1. The number of rotatable bonds is 3. The first-order valence-corrected chi connectivity index (χ1v) is 6.68. The number of hydrogen-bond acceptors (Lipinski definition) is 3. The van der Waals surface area contributed by atoms with Crippen LogP contribution >= 0.6 is 0 Å². The maximum Gasteiger partial charge on any atom is 0.321 e. The van der Waals surface area contributed by atoms with E-state index in [2.05, 4.69) is 0 Å². The molecule has 106 valence electrons. The number of carboxylic acids is 1. The third kappa shape index (κ3) is 2.97. The first kappa shape index (κ1) is 14.5. The Morgan fingerprint density at radius 3 is 3.00 bits per heavy atom. The van der Waals surface area contributed by atoms with Gasteiger partial charge in [-0.05, 0) is 43.0 Å². The molecule has 1 fully saturated rings. The number of hydrogen-bond donors (Lipinski definition) is 1. The molecule has 0 aliphatic carbocycles. The lowest BCUT2D eigenvalue weighted by molar-refractivity contribution is -0.147. The summed E-state index contributed by atoms with van der Waals surface area (Å²) in [4.78, 5) is 13.3. The van der Waals surface area contributed by atoms with Gasteiger partial charge in [0.15, 0.2) is 0 Å². The Morgan fingerprint density at radius 2 is 2.35 bits per heavy atom. The maximum atomic E-state index is 13.3. The number of likely N-dealkylation sites (tertiary alicyclic amines) is 1. The number of benzene rings is 1. The van der Waals surface area contributed by atoms with Gasteiger partial charge in [-0.15, -0.1) is 0 Å². The zero-order chi connectivity index (χ0) is 14.7. The quantitative estimate of drug-likeness (QED) is 0.920. The lowest BCUT2D eigenvalue weighted by Crippen LogP contribution is -2.48. The van der Waals surface area contributed by atoms with E-state index in [0.29, 0.717) is 13.1 Å². The van der Waals surface area contributed by atoms with Crippen LogP contribution in [0.3, 0.4) is 0 Å². The van der Waals surface area contributed by atoms with Crippen molar-refractivity contribution >= 4 is 5.97 Å². The maximum absolute atomic E-state index is 13.3. The molecule has 4 nitrogen and oxygen atoms in total. The Kier molecular flexibility index (Phi) is 4.35. The van der Waals surface area contributed by atoms with Crippen LogP contribution in [-0.2, 0) is 11.3 Å². The molecule has 0 radical (unpaired) electrons. The summed E-state index contributed by atoms with van der Waals surface area (Å²) in [5.41, 5.74) is 0.766. The second-order valence-corrected chi connectivity index (χ2v) is 5.30. The molecule has 0 aromatic heterocycles. The molecule has 1 heterocycles. The van der Waals surface area contributed by atoms with Crippen LogP contribution in [-0.4, -0.2) is 28.6 Å². The van der Waals surface area contributed by atoms with E-state index < -0.39 is 17.8 Å². The third-order valence-corrected chi connectivity index (χ3v) is 3.83. The molecule has 1 aromatic carbocycles. The van der Waals surface area contributed by atoms with Crippen LogP contribution in [0.15, 0.2) is 18.2 Å². The number of aliphatic carboxylic acids is 1. The molecular weight excluding hydrogens is 259 g/mol. The van der Waals surface area contributed by atoms with Crippen molar-refractivity contribution < 1.29 is 14.3 Å². The van der Waals surface area contributed by atoms with Crippen molar-refractivity contribution in [1.29, 1.82) is 5.26 Å². The molecule has 1 aromatic rings. The van der Waals surface area contributed by atoms with Gasteiger partial charge in [0.2, 0.25) is 0 Å². The predicted octanol–water partition coefficient (Wildman–Crippen LogP) is 2.38. The summed E-state index contributed by atoms with van der Waals surface area (Å²) in [5.74, 6) is -1.27. The van der Waals surface area contributed by atoms with E-state index in [9.17, 15) is 14.3 Å². The predicted molar refractivity (Wildman–Crippen MR) is 71.3 cm³/mol. The summed E-state index contributed by atoms with van der Waals surface area (Å²) in [6.07, 6.45) is 1.86. The summed E-state index contributed by atoms with van der Waals surface area (Å²) < 4.78 is 13.3. The van der Waals surface area contributed by atoms with Gasteiger partial charge in [-0.2, -0.15) is 5.26 Å². The number of piperidine rings is 1. The lowest BCUT2D eigenvalue weighted by atomic mass is 9.90. The molecule has 5 heteroatoms. The fraction of sp³-hybridized carbons (Fsp3) is 0.467. The topological polar surface area (TPSA) is 64.3 Å². The van der Waals surface area contributed by atoms with Gasteiger partial charge in [0.25, 0.3) is 0 Å². The standard InChI is InChI=1S/C15H17FN2O2/c1-10-3-2-6-18(14(10)15(19)20)9-11-4-5-13(16)12(7-11)8-17/h4-5,7,10,14H,2-3,6,9H2,1H3,(H,19,20). The highest BCUT2D eigenvalue weighted by molar-refractivity contribution is 5.74. The van der Waals surface area contributed by atoms with Crippen LogP contribution < -0.4 is 0 Å². The molecular formula is C15H17FN2O2. The molecule has 2 unspecified atom stereocenters. The smallest absolute Gasteiger partial charge is 0.321 e. The highest BCUT2D eigenvalue weighted by atomic mass is 19.1. The average molecular weight is 276 g/mol. The van der Waals surface area contributed by atoms with Gasteiger partial charge in [0, 0.05) is 6.54 Å². The molecule has 1 aliphatic rings. The zero-order valence-electron chi connectivity index (χ0n) is 11.3. The van der Waals surface area contributed by atoms with Crippen molar-refractivity contribution in [1.82, 2.24) is 4.90 Å². The Hall–Kier alpha value is -1.93. The molecule has 1 N–H and O–H groups in total. The van der Waals surface area contributed by atoms with E-state index in [1.165, 1.54) is 12.1 Å². The second kappa shape index (κ2) is 6.02. The lowest BCUT2D eigenvalue weighted by Gasteiger charge is -2.37. The molecule has 20 heavy (non-hydrogen) atoms. The van der Waals surface area contributed by atoms with Gasteiger partial charge >= 0.3 is 5.97 Å². The monoisotopic (exact) mass is 276 g/mol. The minimum absolute atomic E-state index is 0.000525. The average Bonchev–Trinajstić information content (AvgIpc) is 2.40. The number of carbonyl (C=O) groups is 1. The van der Waals surface area contributed by atoms with Crippen molar-refractivity contribution in [2.75, 3.05) is 6.54 Å². The molecule has 0 saturated carbocycles. The van der Waals surface area contributed by atoms with Gasteiger partial charge in [0.1, 0.15) is 17.9 Å². The second-order valence-electron chi connectivity index (χ2n) is 5.30.